The van der Waals surface area contributed by atoms with Gasteiger partial charge in [0.1, 0.15) is 43.2 Å². The molecule has 0 aliphatic heterocycles. The number of hydrogen-bond donors (Lipinski definition) is 6. The second-order valence-electron chi connectivity index (χ2n) is 16.3. The molecule has 362 valence electrons. The Labute approximate surface area is 378 Å². The highest BCUT2D eigenvalue weighted by molar-refractivity contribution is 7.47. The van der Waals surface area contributed by atoms with Crippen molar-refractivity contribution in [3.63, 3.8) is 0 Å². The lowest BCUT2D eigenvalue weighted by Crippen LogP contribution is -2.64. The molecule has 6 N–H and O–H groups in total. The van der Waals surface area contributed by atoms with Gasteiger partial charge in [-0.15, -0.1) is 0 Å². The third kappa shape index (κ3) is 31.0. The van der Waals surface area contributed by atoms with Crippen LogP contribution in [0.4, 0.5) is 0 Å². The van der Waals surface area contributed by atoms with Crippen molar-refractivity contribution in [2.75, 3.05) is 13.2 Å². The number of allylic oxidation sites excluding steroid dienone is 12. The van der Waals surface area contributed by atoms with Crippen LogP contribution >= 0.6 is 7.82 Å². The van der Waals surface area contributed by atoms with Crippen molar-refractivity contribution in [3.05, 3.63) is 72.9 Å². The van der Waals surface area contributed by atoms with Crippen LogP contribution in [0.3, 0.4) is 0 Å². The SMILES string of the molecule is CCCC/C=C/CCCCCCCCCCCC(=O)OC[C@H](COP(=O)(O)OC1C(O)C(O)C(O)[C@@H](O)C1O)OC(=O)CC/C=C/C/C=C/C/C=C/C/C=C/C/C=C/CCCCC. The maximum atomic E-state index is 12.8. The molecule has 6 unspecified atom stereocenters. The van der Waals surface area contributed by atoms with Crippen molar-refractivity contribution in [1.29, 1.82) is 0 Å². The highest BCUT2D eigenvalue weighted by Gasteiger charge is 2.51. The summed E-state index contributed by atoms with van der Waals surface area (Å²) >= 11 is 0. The van der Waals surface area contributed by atoms with Gasteiger partial charge in [0.25, 0.3) is 0 Å². The lowest BCUT2D eigenvalue weighted by Gasteiger charge is -2.41. The third-order valence-electron chi connectivity index (χ3n) is 10.5. The predicted molar refractivity (Wildman–Crippen MR) is 249 cm³/mol. The van der Waals surface area contributed by atoms with Crippen molar-refractivity contribution < 1.29 is 63.1 Å². The summed E-state index contributed by atoms with van der Waals surface area (Å²) in [7, 11) is -5.14. The summed E-state index contributed by atoms with van der Waals surface area (Å²) in [5.41, 5.74) is 0. The van der Waals surface area contributed by atoms with E-state index in [2.05, 4.69) is 68.5 Å². The Bertz CT molecular complexity index is 1380. The van der Waals surface area contributed by atoms with E-state index in [9.17, 15) is 44.6 Å². The monoisotopic (exact) mass is 911 g/mol. The molecule has 13 nitrogen and oxygen atoms in total. The number of aliphatic hydroxyl groups excluding tert-OH is 5. The van der Waals surface area contributed by atoms with Crippen molar-refractivity contribution in [2.45, 2.75) is 211 Å². The number of aliphatic hydroxyl groups is 5. The molecule has 0 aromatic rings. The zero-order chi connectivity index (χ0) is 46.4. The summed E-state index contributed by atoms with van der Waals surface area (Å²) in [5, 5.41) is 50.2. The molecule has 0 amide bonds. The molecule has 1 aliphatic rings. The minimum absolute atomic E-state index is 0.0299. The number of esters is 2. The quantitative estimate of drug-likeness (QED) is 0.0148. The summed E-state index contributed by atoms with van der Waals surface area (Å²) in [6, 6.07) is 0. The summed E-state index contributed by atoms with van der Waals surface area (Å²) in [6.45, 7) is 3.17. The molecule has 0 spiro atoms. The first kappa shape index (κ1) is 58.3. The summed E-state index contributed by atoms with van der Waals surface area (Å²) in [4.78, 5) is 35.7. The number of rotatable bonds is 38. The number of phosphoric acid groups is 1. The average molecular weight is 911 g/mol. The Hall–Kier alpha value is -2.71. The molecule has 0 heterocycles. The van der Waals surface area contributed by atoms with E-state index in [-0.39, 0.29) is 12.8 Å². The second kappa shape index (κ2) is 38.5. The molecule has 63 heavy (non-hydrogen) atoms. The van der Waals surface area contributed by atoms with Gasteiger partial charge >= 0.3 is 19.8 Å². The molecule has 0 radical (unpaired) electrons. The van der Waals surface area contributed by atoms with Crippen molar-refractivity contribution in [2.24, 2.45) is 0 Å². The first-order chi connectivity index (χ1) is 30.4. The van der Waals surface area contributed by atoms with Crippen LogP contribution in [0.25, 0.3) is 0 Å². The number of hydrogen-bond acceptors (Lipinski definition) is 12. The predicted octanol–water partition coefficient (Wildman–Crippen LogP) is 9.50. The fraction of sp³-hybridized carbons (Fsp3) is 0.714. The van der Waals surface area contributed by atoms with Crippen LogP contribution in [0.1, 0.15) is 168 Å². The molecule has 14 heteroatoms. The molecule has 0 saturated heterocycles. The van der Waals surface area contributed by atoms with Crippen LogP contribution in [0.15, 0.2) is 72.9 Å². The maximum Gasteiger partial charge on any atom is 0.472 e. The van der Waals surface area contributed by atoms with Gasteiger partial charge in [0.05, 0.1) is 6.61 Å². The molecule has 1 saturated carbocycles. The van der Waals surface area contributed by atoms with Crippen molar-refractivity contribution in [1.82, 2.24) is 0 Å². The standard InChI is InChI=1S/C49H83O13P/c1-3-5-7-9-11-13-15-17-19-20-21-22-24-26-28-30-32-34-36-38-43(51)61-41(40-60-63(57,58)62-49-47(55)45(53)44(52)46(54)48(49)56)39-59-42(50)37-35-33-31-29-27-25-23-18-16-14-12-10-8-6-4-2/h10-13,17,19,21-22,26,28,32,34,41,44-49,52-56H,3-9,14-16,18,20,23-25,27,29-31,33,35-40H2,1-2H3,(H,57,58)/b12-10+,13-11+,19-17+,22-21+,28-26+,34-32+/t41-,44?,45-,46?,47?,48?,49?/m1/s1. The highest BCUT2D eigenvalue weighted by Crippen LogP contribution is 2.47. The van der Waals surface area contributed by atoms with Gasteiger partial charge in [-0.1, -0.05) is 157 Å². The van der Waals surface area contributed by atoms with Crippen LogP contribution in [0.5, 0.6) is 0 Å². The molecule has 0 aromatic carbocycles. The van der Waals surface area contributed by atoms with Gasteiger partial charge in [-0.3, -0.25) is 18.6 Å². The molecule has 1 rings (SSSR count). The third-order valence-corrected chi connectivity index (χ3v) is 11.5. The van der Waals surface area contributed by atoms with E-state index in [4.69, 9.17) is 18.5 Å². The number of unbranched alkanes of at least 4 members (excludes halogenated alkanes) is 14. The van der Waals surface area contributed by atoms with E-state index >= 15 is 0 Å². The fourth-order valence-corrected chi connectivity index (χ4v) is 7.63. The van der Waals surface area contributed by atoms with Crippen molar-refractivity contribution in [3.8, 4) is 0 Å². The average Bonchev–Trinajstić information content (AvgIpc) is 3.26. The molecule has 1 aliphatic carbocycles. The Kier molecular flexibility index (Phi) is 35.7. The van der Waals surface area contributed by atoms with Gasteiger partial charge in [0, 0.05) is 12.8 Å². The van der Waals surface area contributed by atoms with E-state index in [0.29, 0.717) is 19.3 Å². The fourth-order valence-electron chi connectivity index (χ4n) is 6.66. The van der Waals surface area contributed by atoms with Gasteiger partial charge in [-0.2, -0.15) is 0 Å². The topological polar surface area (TPSA) is 210 Å². The largest absolute Gasteiger partial charge is 0.472 e. The Morgan fingerprint density at radius 3 is 1.43 bits per heavy atom. The lowest BCUT2D eigenvalue weighted by atomic mass is 9.85. The normalized spacial score (nSPS) is 22.3. The summed E-state index contributed by atoms with van der Waals surface area (Å²) in [6.07, 6.45) is 35.3. The summed E-state index contributed by atoms with van der Waals surface area (Å²) < 4.78 is 33.5. The summed E-state index contributed by atoms with van der Waals surface area (Å²) in [5.74, 6) is -1.20. The Morgan fingerprint density at radius 1 is 0.492 bits per heavy atom. The molecular formula is C49H83O13P. The van der Waals surface area contributed by atoms with Crippen LogP contribution in [0, 0.1) is 0 Å². The maximum absolute atomic E-state index is 12.8. The van der Waals surface area contributed by atoms with E-state index < -0.39 is 75.7 Å². The minimum Gasteiger partial charge on any atom is -0.462 e. The van der Waals surface area contributed by atoms with E-state index in [1.807, 2.05) is 18.2 Å². The van der Waals surface area contributed by atoms with E-state index in [1.165, 1.54) is 64.2 Å². The van der Waals surface area contributed by atoms with Gasteiger partial charge < -0.3 is 39.9 Å². The molecule has 0 aromatic heterocycles. The number of phosphoric ester groups is 1. The van der Waals surface area contributed by atoms with Crippen LogP contribution in [-0.2, 0) is 32.7 Å². The van der Waals surface area contributed by atoms with Gasteiger partial charge in [0.2, 0.25) is 0 Å². The smallest absolute Gasteiger partial charge is 0.462 e. The first-order valence-corrected chi connectivity index (χ1v) is 25.2. The van der Waals surface area contributed by atoms with Crippen LogP contribution in [-0.4, -0.2) is 98.3 Å². The number of carbonyl (C=O) groups excluding carboxylic acids is 2. The molecule has 8 atom stereocenters. The minimum atomic E-state index is -5.14. The van der Waals surface area contributed by atoms with Crippen molar-refractivity contribution >= 4 is 19.8 Å². The second-order valence-corrected chi connectivity index (χ2v) is 17.7. The Morgan fingerprint density at radius 2 is 0.905 bits per heavy atom. The van der Waals surface area contributed by atoms with Crippen LogP contribution < -0.4 is 0 Å². The van der Waals surface area contributed by atoms with Gasteiger partial charge in [-0.25, -0.2) is 4.57 Å². The molecule has 0 bridgehead atoms. The van der Waals surface area contributed by atoms with Gasteiger partial charge in [0.15, 0.2) is 6.10 Å². The molecule has 1 fully saturated rings. The highest BCUT2D eigenvalue weighted by atomic mass is 31.2. The number of carbonyl (C=O) groups is 2. The Balaban J connectivity index is 2.51. The van der Waals surface area contributed by atoms with E-state index in [1.54, 1.807) is 0 Å². The molecular weight excluding hydrogens is 827 g/mol. The van der Waals surface area contributed by atoms with E-state index in [0.717, 1.165) is 57.8 Å². The zero-order valence-corrected chi connectivity index (χ0v) is 39.2. The first-order valence-electron chi connectivity index (χ1n) is 23.7. The van der Waals surface area contributed by atoms with Crippen LogP contribution in [0.2, 0.25) is 0 Å². The zero-order valence-electron chi connectivity index (χ0n) is 38.3. The van der Waals surface area contributed by atoms with Gasteiger partial charge in [-0.05, 0) is 70.6 Å². The lowest BCUT2D eigenvalue weighted by molar-refractivity contribution is -0.220. The number of ether oxygens (including phenoxy) is 2.